The molecular formula is C16H14N2O2. The van der Waals surface area contributed by atoms with Gasteiger partial charge in [0.2, 0.25) is 0 Å². The van der Waals surface area contributed by atoms with Crippen LogP contribution in [-0.2, 0) is 0 Å². The van der Waals surface area contributed by atoms with E-state index in [-0.39, 0.29) is 5.43 Å². The van der Waals surface area contributed by atoms with Crippen molar-refractivity contribution in [2.24, 2.45) is 0 Å². The second-order valence-electron chi connectivity index (χ2n) is 4.68. The van der Waals surface area contributed by atoms with E-state index in [2.05, 4.69) is 9.97 Å². The van der Waals surface area contributed by atoms with Crippen LogP contribution in [0, 0.1) is 6.92 Å². The molecule has 0 aliphatic carbocycles. The van der Waals surface area contributed by atoms with E-state index < -0.39 is 0 Å². The Morgan fingerprint density at radius 2 is 1.90 bits per heavy atom. The van der Waals surface area contributed by atoms with Crippen molar-refractivity contribution in [1.82, 2.24) is 9.97 Å². The fourth-order valence-electron chi connectivity index (χ4n) is 2.16. The minimum atomic E-state index is -0.0271. The predicted molar refractivity (Wildman–Crippen MR) is 79.1 cm³/mol. The molecular weight excluding hydrogens is 252 g/mol. The van der Waals surface area contributed by atoms with Gasteiger partial charge in [0, 0.05) is 12.3 Å². The number of rotatable bonds is 2. The Morgan fingerprint density at radius 1 is 1.15 bits per heavy atom. The van der Waals surface area contributed by atoms with Crippen LogP contribution in [0.15, 0.2) is 47.4 Å². The average Bonchev–Trinajstić information content (AvgIpc) is 2.48. The van der Waals surface area contributed by atoms with Gasteiger partial charge in [-0.15, -0.1) is 0 Å². The lowest BCUT2D eigenvalue weighted by molar-refractivity contribution is 0.415. The number of benzene rings is 1. The number of H-pyrrole nitrogens is 1. The van der Waals surface area contributed by atoms with Gasteiger partial charge in [-0.3, -0.25) is 4.79 Å². The normalized spacial score (nSPS) is 10.7. The van der Waals surface area contributed by atoms with Crippen LogP contribution in [0.1, 0.15) is 5.56 Å². The first-order chi connectivity index (χ1) is 9.67. The van der Waals surface area contributed by atoms with Crippen LogP contribution in [0.2, 0.25) is 0 Å². The van der Waals surface area contributed by atoms with Crippen LogP contribution in [0.3, 0.4) is 0 Å². The third kappa shape index (κ3) is 2.16. The molecule has 3 aromatic rings. The summed E-state index contributed by atoms with van der Waals surface area (Å²) < 4.78 is 5.13. The summed E-state index contributed by atoms with van der Waals surface area (Å²) in [6.45, 7) is 1.92. The Labute approximate surface area is 116 Å². The lowest BCUT2D eigenvalue weighted by Crippen LogP contribution is -2.04. The van der Waals surface area contributed by atoms with Gasteiger partial charge in [-0.1, -0.05) is 0 Å². The van der Waals surface area contributed by atoms with Gasteiger partial charge >= 0.3 is 0 Å². The molecule has 3 rings (SSSR count). The highest BCUT2D eigenvalue weighted by molar-refractivity contribution is 5.78. The van der Waals surface area contributed by atoms with Gasteiger partial charge in [-0.25, -0.2) is 4.98 Å². The van der Waals surface area contributed by atoms with Crippen molar-refractivity contribution in [3.63, 3.8) is 0 Å². The molecule has 0 saturated carbocycles. The summed E-state index contributed by atoms with van der Waals surface area (Å²) >= 11 is 0. The van der Waals surface area contributed by atoms with Crippen LogP contribution in [0.25, 0.3) is 22.3 Å². The summed E-state index contributed by atoms with van der Waals surface area (Å²) in [4.78, 5) is 19.6. The molecule has 0 spiro atoms. The van der Waals surface area contributed by atoms with E-state index in [9.17, 15) is 4.79 Å². The molecule has 20 heavy (non-hydrogen) atoms. The molecule has 0 aliphatic rings. The first kappa shape index (κ1) is 12.4. The molecule has 0 bridgehead atoms. The summed E-state index contributed by atoms with van der Waals surface area (Å²) in [7, 11) is 1.62. The standard InChI is InChI=1S/C16H14N2O2/c1-10-7-13-15(19)8-14(18-16(13)17-9-10)11-3-5-12(20-2)6-4-11/h3-9H,1-2H3,(H,17,18,19). The van der Waals surface area contributed by atoms with E-state index in [1.54, 1.807) is 19.4 Å². The lowest BCUT2D eigenvalue weighted by atomic mass is 10.1. The van der Waals surface area contributed by atoms with Crippen LogP contribution >= 0.6 is 0 Å². The van der Waals surface area contributed by atoms with E-state index in [0.717, 1.165) is 22.6 Å². The van der Waals surface area contributed by atoms with Gasteiger partial charge < -0.3 is 9.72 Å². The molecule has 0 fully saturated rings. The first-order valence-corrected chi connectivity index (χ1v) is 6.31. The molecule has 1 aromatic carbocycles. The fourth-order valence-corrected chi connectivity index (χ4v) is 2.16. The van der Waals surface area contributed by atoms with E-state index >= 15 is 0 Å². The lowest BCUT2D eigenvalue weighted by Gasteiger charge is -2.06. The number of aryl methyl sites for hydroxylation is 1. The minimum Gasteiger partial charge on any atom is -0.497 e. The average molecular weight is 266 g/mol. The van der Waals surface area contributed by atoms with Crippen molar-refractivity contribution in [2.45, 2.75) is 6.92 Å². The highest BCUT2D eigenvalue weighted by Gasteiger charge is 2.05. The highest BCUT2D eigenvalue weighted by atomic mass is 16.5. The number of hydrogen-bond donors (Lipinski definition) is 1. The number of methoxy groups -OCH3 is 1. The highest BCUT2D eigenvalue weighted by Crippen LogP contribution is 2.21. The number of nitrogens with zero attached hydrogens (tertiary/aromatic N) is 1. The van der Waals surface area contributed by atoms with Crippen LogP contribution < -0.4 is 10.2 Å². The zero-order chi connectivity index (χ0) is 14.1. The zero-order valence-corrected chi connectivity index (χ0v) is 11.3. The molecule has 100 valence electrons. The Bertz CT molecular complexity index is 820. The largest absolute Gasteiger partial charge is 0.497 e. The summed E-state index contributed by atoms with van der Waals surface area (Å²) in [6, 6.07) is 11.0. The van der Waals surface area contributed by atoms with Gasteiger partial charge in [0.25, 0.3) is 0 Å². The molecule has 2 heterocycles. The monoisotopic (exact) mass is 266 g/mol. The van der Waals surface area contributed by atoms with Gasteiger partial charge in [-0.05, 0) is 48.4 Å². The Balaban J connectivity index is 2.16. The minimum absolute atomic E-state index is 0.0271. The number of ether oxygens (including phenoxy) is 1. The number of pyridine rings is 2. The van der Waals surface area contributed by atoms with Crippen molar-refractivity contribution < 1.29 is 4.74 Å². The van der Waals surface area contributed by atoms with Crippen molar-refractivity contribution in [3.8, 4) is 17.0 Å². The first-order valence-electron chi connectivity index (χ1n) is 6.31. The smallest absolute Gasteiger partial charge is 0.191 e. The molecule has 1 N–H and O–H groups in total. The number of nitrogens with one attached hydrogen (secondary N) is 1. The van der Waals surface area contributed by atoms with Gasteiger partial charge in [0.15, 0.2) is 5.43 Å². The third-order valence-corrected chi connectivity index (χ3v) is 3.22. The molecule has 0 unspecified atom stereocenters. The van der Waals surface area contributed by atoms with E-state index in [0.29, 0.717) is 11.0 Å². The molecule has 4 nitrogen and oxygen atoms in total. The van der Waals surface area contributed by atoms with E-state index in [4.69, 9.17) is 4.74 Å². The zero-order valence-electron chi connectivity index (χ0n) is 11.3. The van der Waals surface area contributed by atoms with Gasteiger partial charge in [-0.2, -0.15) is 0 Å². The maximum Gasteiger partial charge on any atom is 0.191 e. The molecule has 0 saturated heterocycles. The maximum atomic E-state index is 12.2. The molecule has 0 amide bonds. The van der Waals surface area contributed by atoms with Crippen LogP contribution in [-0.4, -0.2) is 17.1 Å². The summed E-state index contributed by atoms with van der Waals surface area (Å²) in [5.41, 5.74) is 3.23. The fraction of sp³-hybridized carbons (Fsp3) is 0.125. The molecule has 4 heteroatoms. The molecule has 0 radical (unpaired) electrons. The number of fused-ring (bicyclic) bond motifs is 1. The Hall–Kier alpha value is -2.62. The molecule has 0 aliphatic heterocycles. The maximum absolute atomic E-state index is 12.2. The van der Waals surface area contributed by atoms with Crippen molar-refractivity contribution >= 4 is 11.0 Å². The van der Waals surface area contributed by atoms with E-state index in [1.807, 2.05) is 37.3 Å². The van der Waals surface area contributed by atoms with Gasteiger partial charge in [0.05, 0.1) is 18.2 Å². The Kier molecular flexibility index (Phi) is 2.99. The second-order valence-corrected chi connectivity index (χ2v) is 4.68. The van der Waals surface area contributed by atoms with Crippen molar-refractivity contribution in [2.75, 3.05) is 7.11 Å². The summed E-state index contributed by atoms with van der Waals surface area (Å²) in [5, 5.41) is 0.613. The predicted octanol–water partition coefficient (Wildman–Crippen LogP) is 2.91. The van der Waals surface area contributed by atoms with Crippen LogP contribution in [0.4, 0.5) is 0 Å². The van der Waals surface area contributed by atoms with Crippen LogP contribution in [0.5, 0.6) is 5.75 Å². The van der Waals surface area contributed by atoms with Crippen molar-refractivity contribution in [1.29, 1.82) is 0 Å². The number of aromatic amines is 1. The summed E-state index contributed by atoms with van der Waals surface area (Å²) in [5.74, 6) is 0.783. The second kappa shape index (κ2) is 4.81. The Morgan fingerprint density at radius 3 is 2.60 bits per heavy atom. The van der Waals surface area contributed by atoms with Crippen molar-refractivity contribution in [3.05, 3.63) is 58.4 Å². The number of aromatic nitrogens is 2. The topological polar surface area (TPSA) is 55.0 Å². The molecule has 0 atom stereocenters. The summed E-state index contributed by atoms with van der Waals surface area (Å²) in [6.07, 6.45) is 1.75. The number of hydrogen-bond acceptors (Lipinski definition) is 3. The molecule has 2 aromatic heterocycles. The van der Waals surface area contributed by atoms with Gasteiger partial charge in [0.1, 0.15) is 11.4 Å². The third-order valence-electron chi connectivity index (χ3n) is 3.22. The quantitative estimate of drug-likeness (QED) is 0.776. The van der Waals surface area contributed by atoms with E-state index in [1.165, 1.54) is 0 Å². The SMILES string of the molecule is COc1ccc(-c2cc(=O)c3cc(C)cnc3[nH]2)cc1.